The van der Waals surface area contributed by atoms with E-state index < -0.39 is 0 Å². The van der Waals surface area contributed by atoms with Gasteiger partial charge in [0.15, 0.2) is 0 Å². The third kappa shape index (κ3) is 2.23. The maximum Gasteiger partial charge on any atom is 0.131 e. The maximum absolute atomic E-state index is 4.55. The number of aryl methyl sites for hydroxylation is 2. The van der Waals surface area contributed by atoms with Gasteiger partial charge < -0.3 is 4.98 Å². The number of nitrogens with zero attached hydrogens (tertiary/aromatic N) is 2. The zero-order valence-corrected chi connectivity index (χ0v) is 11.0. The van der Waals surface area contributed by atoms with E-state index in [1.807, 2.05) is 27.0 Å². The lowest BCUT2D eigenvalue weighted by Gasteiger charge is -2.05. The predicted octanol–water partition coefficient (Wildman–Crippen LogP) is 3.72. The molecule has 3 heteroatoms. The lowest BCUT2D eigenvalue weighted by molar-refractivity contribution is 0.776. The van der Waals surface area contributed by atoms with E-state index in [0.717, 1.165) is 22.6 Å². The normalized spacial score (nSPS) is 10.4. The van der Waals surface area contributed by atoms with E-state index in [9.17, 15) is 0 Å². The SMILES string of the molecule is CC.Cc1c[nH]c2c(C)nc(C(C)C)nc12. The Hall–Kier alpha value is -1.38. The molecule has 0 amide bonds. The second-order valence-electron chi connectivity index (χ2n) is 4.02. The van der Waals surface area contributed by atoms with Crippen molar-refractivity contribution in [2.75, 3.05) is 0 Å². The Morgan fingerprint density at radius 3 is 2.31 bits per heavy atom. The third-order valence-corrected chi connectivity index (χ3v) is 2.43. The summed E-state index contributed by atoms with van der Waals surface area (Å²) >= 11 is 0. The summed E-state index contributed by atoms with van der Waals surface area (Å²) in [5, 5.41) is 0. The minimum absolute atomic E-state index is 0.382. The van der Waals surface area contributed by atoms with Crippen LogP contribution in [-0.2, 0) is 0 Å². The number of fused-ring (bicyclic) bond motifs is 1. The molecule has 0 atom stereocenters. The molecule has 2 aromatic rings. The van der Waals surface area contributed by atoms with E-state index in [4.69, 9.17) is 0 Å². The molecule has 0 aliphatic carbocycles. The van der Waals surface area contributed by atoms with E-state index in [0.29, 0.717) is 5.92 Å². The molecule has 0 radical (unpaired) electrons. The van der Waals surface area contributed by atoms with Gasteiger partial charge in [0, 0.05) is 12.1 Å². The van der Waals surface area contributed by atoms with Crippen molar-refractivity contribution in [3.63, 3.8) is 0 Å². The first-order valence-corrected chi connectivity index (χ1v) is 5.92. The molecule has 0 unspecified atom stereocenters. The number of rotatable bonds is 1. The molecule has 0 aliphatic rings. The molecule has 0 saturated heterocycles. The van der Waals surface area contributed by atoms with E-state index in [2.05, 4.69) is 35.7 Å². The number of hydrogen-bond acceptors (Lipinski definition) is 2. The van der Waals surface area contributed by atoms with Crippen molar-refractivity contribution in [3.05, 3.63) is 23.3 Å². The van der Waals surface area contributed by atoms with Crippen LogP contribution >= 0.6 is 0 Å². The molecule has 0 fully saturated rings. The Morgan fingerprint density at radius 2 is 1.75 bits per heavy atom. The molecule has 0 spiro atoms. The van der Waals surface area contributed by atoms with Crippen LogP contribution < -0.4 is 0 Å². The Morgan fingerprint density at radius 1 is 1.12 bits per heavy atom. The van der Waals surface area contributed by atoms with Crippen molar-refractivity contribution in [2.45, 2.75) is 47.5 Å². The second kappa shape index (κ2) is 5.10. The van der Waals surface area contributed by atoms with Crippen molar-refractivity contribution < 1.29 is 0 Å². The van der Waals surface area contributed by atoms with Crippen molar-refractivity contribution >= 4 is 11.0 Å². The number of aromatic amines is 1. The highest BCUT2D eigenvalue weighted by Crippen LogP contribution is 2.20. The summed E-state index contributed by atoms with van der Waals surface area (Å²) < 4.78 is 0. The Balaban J connectivity index is 0.000000606. The fourth-order valence-corrected chi connectivity index (χ4v) is 1.56. The fraction of sp³-hybridized carbons (Fsp3) is 0.538. The summed E-state index contributed by atoms with van der Waals surface area (Å²) in [6.07, 6.45) is 1.98. The molecule has 0 aromatic carbocycles. The number of nitrogens with one attached hydrogen (secondary N) is 1. The van der Waals surface area contributed by atoms with Gasteiger partial charge in [-0.05, 0) is 19.4 Å². The molecule has 0 aliphatic heterocycles. The molecule has 3 nitrogen and oxygen atoms in total. The average molecular weight is 219 g/mol. The third-order valence-electron chi connectivity index (χ3n) is 2.43. The summed E-state index contributed by atoms with van der Waals surface area (Å²) in [7, 11) is 0. The van der Waals surface area contributed by atoms with Gasteiger partial charge in [-0.2, -0.15) is 0 Å². The number of aromatic nitrogens is 3. The van der Waals surface area contributed by atoms with Crippen LogP contribution in [-0.4, -0.2) is 15.0 Å². The van der Waals surface area contributed by atoms with E-state index in [1.165, 1.54) is 5.56 Å². The minimum atomic E-state index is 0.382. The molecule has 2 heterocycles. The lowest BCUT2D eigenvalue weighted by atomic mass is 10.2. The van der Waals surface area contributed by atoms with Crippen molar-refractivity contribution in [3.8, 4) is 0 Å². The first-order chi connectivity index (χ1) is 7.59. The van der Waals surface area contributed by atoms with Crippen molar-refractivity contribution in [1.29, 1.82) is 0 Å². The average Bonchev–Trinajstić information content (AvgIpc) is 2.64. The Kier molecular flexibility index (Phi) is 4.05. The van der Waals surface area contributed by atoms with Crippen LogP contribution in [0.2, 0.25) is 0 Å². The second-order valence-corrected chi connectivity index (χ2v) is 4.02. The molecule has 0 bridgehead atoms. The molecule has 16 heavy (non-hydrogen) atoms. The summed E-state index contributed by atoms with van der Waals surface area (Å²) in [4.78, 5) is 12.2. The van der Waals surface area contributed by atoms with Gasteiger partial charge in [-0.15, -0.1) is 0 Å². The molecular formula is C13H21N3. The van der Waals surface area contributed by atoms with Crippen molar-refractivity contribution in [2.24, 2.45) is 0 Å². The summed E-state index contributed by atoms with van der Waals surface area (Å²) in [6.45, 7) is 12.3. The molecule has 2 aromatic heterocycles. The van der Waals surface area contributed by atoms with E-state index in [-0.39, 0.29) is 0 Å². The van der Waals surface area contributed by atoms with Crippen LogP contribution in [0.5, 0.6) is 0 Å². The van der Waals surface area contributed by atoms with E-state index >= 15 is 0 Å². The van der Waals surface area contributed by atoms with Gasteiger partial charge in [0.05, 0.1) is 16.7 Å². The summed E-state index contributed by atoms with van der Waals surface area (Å²) in [5.41, 5.74) is 4.34. The van der Waals surface area contributed by atoms with E-state index in [1.54, 1.807) is 0 Å². The zero-order valence-electron chi connectivity index (χ0n) is 11.0. The molecule has 1 N–H and O–H groups in total. The van der Waals surface area contributed by atoms with Crippen LogP contribution in [0.4, 0.5) is 0 Å². The highest BCUT2D eigenvalue weighted by Gasteiger charge is 2.09. The highest BCUT2D eigenvalue weighted by atomic mass is 14.9. The standard InChI is InChI=1S/C11H15N3.C2H6/c1-6(2)11-13-8(4)10-9(14-11)7(3)5-12-10;1-2/h5-6,12H,1-4H3;1-2H3. The quantitative estimate of drug-likeness (QED) is 0.794. The van der Waals surface area contributed by atoms with Crippen molar-refractivity contribution in [1.82, 2.24) is 15.0 Å². The van der Waals surface area contributed by atoms with Crippen LogP contribution in [0.15, 0.2) is 6.20 Å². The molecule has 88 valence electrons. The minimum Gasteiger partial charge on any atom is -0.358 e. The number of H-pyrrole nitrogens is 1. The van der Waals surface area contributed by atoms with Gasteiger partial charge in [-0.25, -0.2) is 9.97 Å². The van der Waals surface area contributed by atoms with Crippen LogP contribution in [0.3, 0.4) is 0 Å². The van der Waals surface area contributed by atoms with Gasteiger partial charge in [-0.1, -0.05) is 27.7 Å². The first kappa shape index (κ1) is 12.7. The Labute approximate surface area is 97.3 Å². The largest absolute Gasteiger partial charge is 0.358 e. The molecular weight excluding hydrogens is 198 g/mol. The topological polar surface area (TPSA) is 41.6 Å². The number of hydrogen-bond donors (Lipinski definition) is 1. The molecule has 2 rings (SSSR count). The first-order valence-electron chi connectivity index (χ1n) is 5.92. The monoisotopic (exact) mass is 219 g/mol. The maximum atomic E-state index is 4.55. The van der Waals surface area contributed by atoms with Gasteiger partial charge in [0.1, 0.15) is 5.82 Å². The smallest absolute Gasteiger partial charge is 0.131 e. The fourth-order valence-electron chi connectivity index (χ4n) is 1.56. The van der Waals surface area contributed by atoms with Gasteiger partial charge in [0.25, 0.3) is 0 Å². The predicted molar refractivity (Wildman–Crippen MR) is 68.8 cm³/mol. The van der Waals surface area contributed by atoms with Crippen LogP contribution in [0.25, 0.3) is 11.0 Å². The highest BCUT2D eigenvalue weighted by molar-refractivity contribution is 5.80. The zero-order chi connectivity index (χ0) is 12.3. The van der Waals surface area contributed by atoms with Gasteiger partial charge in [-0.3, -0.25) is 0 Å². The van der Waals surface area contributed by atoms with Crippen LogP contribution in [0, 0.1) is 13.8 Å². The lowest BCUT2D eigenvalue weighted by Crippen LogP contribution is -1.99. The van der Waals surface area contributed by atoms with Crippen LogP contribution in [0.1, 0.15) is 50.7 Å². The summed E-state index contributed by atoms with van der Waals surface area (Å²) in [5.74, 6) is 1.31. The van der Waals surface area contributed by atoms with Gasteiger partial charge in [0.2, 0.25) is 0 Å². The molecule has 0 saturated carbocycles. The van der Waals surface area contributed by atoms with Gasteiger partial charge >= 0.3 is 0 Å². The Bertz CT molecular complexity index is 469. The summed E-state index contributed by atoms with van der Waals surface area (Å²) in [6, 6.07) is 0.